The number of hydrogen-bond donors (Lipinski definition) is 4. The normalized spacial score (nSPS) is 11.1. The quantitative estimate of drug-likeness (QED) is 0.0355. The van der Waals surface area contributed by atoms with Gasteiger partial charge >= 0.3 is 5.97 Å². The Hall–Kier alpha value is -7.69. The summed E-state index contributed by atoms with van der Waals surface area (Å²) in [6.45, 7) is 1.17. The first-order chi connectivity index (χ1) is 27.2. The number of rotatable bonds is 15. The minimum absolute atomic E-state index is 0.0432. The Bertz CT molecular complexity index is 2670. The van der Waals surface area contributed by atoms with Gasteiger partial charge < -0.3 is 40.0 Å². The average molecular weight is 758 g/mol. The number of hydrogen-bond acceptors (Lipinski definition) is 13. The molecule has 0 radical (unpaired) electrons. The number of carboxylic acid groups (broad SMARTS) is 1. The summed E-state index contributed by atoms with van der Waals surface area (Å²) in [6, 6.07) is 20.2. The highest BCUT2D eigenvalue weighted by atomic mass is 16.7. The van der Waals surface area contributed by atoms with E-state index < -0.39 is 11.9 Å². The summed E-state index contributed by atoms with van der Waals surface area (Å²) in [6.07, 6.45) is 1.41. The van der Waals surface area contributed by atoms with Gasteiger partial charge in [0, 0.05) is 52.2 Å². The zero-order valence-corrected chi connectivity index (χ0v) is 29.3. The number of imidazole rings is 1. The van der Waals surface area contributed by atoms with Gasteiger partial charge in [-0.1, -0.05) is 29.4 Å². The van der Waals surface area contributed by atoms with Gasteiger partial charge in [-0.2, -0.15) is 14.7 Å². The summed E-state index contributed by atoms with van der Waals surface area (Å²) >= 11 is 0. The molecule has 2 aliphatic rings. The molecule has 7 rings (SSSR count). The first-order valence-corrected chi connectivity index (χ1v) is 17.0. The number of aromatic nitrogens is 4. The maximum absolute atomic E-state index is 13.5. The lowest BCUT2D eigenvalue weighted by Gasteiger charge is -2.17. The number of carbonyl (C=O) groups is 2. The van der Waals surface area contributed by atoms with Gasteiger partial charge in [0.2, 0.25) is 17.5 Å². The molecule has 1 aliphatic carbocycles. The molecular weight excluding hydrogens is 726 g/mol. The molecule has 5 aromatic rings. The second kappa shape index (κ2) is 16.1. The molecule has 282 valence electrons. The Kier molecular flexibility index (Phi) is 10.6. The van der Waals surface area contributed by atoms with Crippen molar-refractivity contribution in [1.29, 1.82) is 0 Å². The molecule has 0 bridgehead atoms. The molecule has 0 saturated heterocycles. The number of amides is 1. The average Bonchev–Trinajstić information content (AvgIpc) is 3.60. The molecule has 0 fully saturated rings. The van der Waals surface area contributed by atoms with Crippen LogP contribution in [0.3, 0.4) is 0 Å². The Balaban J connectivity index is 1.03. The van der Waals surface area contributed by atoms with Gasteiger partial charge in [-0.15, -0.1) is 0 Å². The number of phenolic OH excluding ortho intramolecular Hbond substituents is 1. The highest BCUT2D eigenvalue weighted by Gasteiger charge is 2.23. The van der Waals surface area contributed by atoms with Gasteiger partial charge in [0.15, 0.2) is 10.9 Å². The van der Waals surface area contributed by atoms with Crippen LogP contribution < -0.4 is 26.1 Å². The number of azide groups is 1. The number of fused-ring (bicyclic) bond motifs is 3. The maximum Gasteiger partial charge on any atom is 0.336 e. The van der Waals surface area contributed by atoms with Crippen LogP contribution >= 0.6 is 0 Å². The number of carboxylic acids is 1. The molecule has 18 nitrogen and oxygen atoms in total. The van der Waals surface area contributed by atoms with Crippen LogP contribution in [0.5, 0.6) is 11.6 Å². The predicted molar refractivity (Wildman–Crippen MR) is 201 cm³/mol. The van der Waals surface area contributed by atoms with E-state index in [0.717, 1.165) is 11.1 Å². The summed E-state index contributed by atoms with van der Waals surface area (Å²) in [5.41, 5.74) is 17.6. The summed E-state index contributed by atoms with van der Waals surface area (Å²) in [7, 11) is 0. The minimum Gasteiger partial charge on any atom is -0.508 e. The molecular formula is C38H31N9O9. The minimum atomic E-state index is -1.22. The molecule has 5 N–H and O–H groups in total. The molecule has 2 aromatic heterocycles. The topological polar surface area (TPSA) is 263 Å². The van der Waals surface area contributed by atoms with E-state index in [1.807, 2.05) is 24.3 Å². The first kappa shape index (κ1) is 36.7. The highest BCUT2D eigenvalue weighted by Crippen LogP contribution is 2.42. The van der Waals surface area contributed by atoms with Crippen LogP contribution in [0, 0.1) is 0 Å². The molecule has 0 saturated carbocycles. The fraction of sp³-hybridized carbons (Fsp3) is 0.158. The molecule has 1 amide bonds. The number of phenols is 1. The fourth-order valence-corrected chi connectivity index (χ4v) is 5.93. The Morgan fingerprint density at radius 3 is 2.59 bits per heavy atom. The van der Waals surface area contributed by atoms with Crippen molar-refractivity contribution in [3.8, 4) is 34.1 Å². The lowest BCUT2D eigenvalue weighted by Crippen LogP contribution is -2.23. The lowest BCUT2D eigenvalue weighted by atomic mass is 9.89. The van der Waals surface area contributed by atoms with E-state index in [0.29, 0.717) is 27.7 Å². The molecule has 3 aromatic carbocycles. The third-order valence-electron chi connectivity index (χ3n) is 8.52. The maximum atomic E-state index is 13.5. The predicted octanol–water partition coefficient (Wildman–Crippen LogP) is 4.96. The number of anilines is 1. The Labute approximate surface area is 315 Å². The van der Waals surface area contributed by atoms with Crippen molar-refractivity contribution in [3.63, 3.8) is 0 Å². The number of nitrogens with two attached hydrogens (primary N) is 1. The second-order valence-corrected chi connectivity index (χ2v) is 12.2. The van der Waals surface area contributed by atoms with Crippen LogP contribution in [0.1, 0.15) is 31.8 Å². The van der Waals surface area contributed by atoms with Crippen molar-refractivity contribution >= 4 is 40.0 Å². The molecule has 56 heavy (non-hydrogen) atoms. The largest absolute Gasteiger partial charge is 0.508 e. The van der Waals surface area contributed by atoms with Gasteiger partial charge in [-0.25, -0.2) is 9.78 Å². The molecule has 3 heterocycles. The van der Waals surface area contributed by atoms with Gasteiger partial charge in [0.1, 0.15) is 36.6 Å². The van der Waals surface area contributed by atoms with Crippen LogP contribution in [0.4, 0.5) is 5.95 Å². The zero-order valence-electron chi connectivity index (χ0n) is 29.3. The van der Waals surface area contributed by atoms with E-state index in [9.17, 15) is 24.6 Å². The molecule has 1 aliphatic heterocycles. The number of nitrogens with one attached hydrogen (secondary N) is 1. The van der Waals surface area contributed by atoms with Gasteiger partial charge in [0.05, 0.1) is 18.8 Å². The molecule has 0 atom stereocenters. The third-order valence-corrected chi connectivity index (χ3v) is 8.52. The SMILES string of the molecule is [N-]=[N+]=NCCOCCOn1cnc2c(OCc3ccc(CNC(=O)c4ccc(C(=O)O)c(-c5c6ccc(=O)cc-6oc6cc(O)ccc56)c4)cc3)nc(N)nc21. The van der Waals surface area contributed by atoms with Crippen molar-refractivity contribution in [2.24, 2.45) is 5.11 Å². The van der Waals surface area contributed by atoms with E-state index in [1.54, 1.807) is 12.1 Å². The zero-order chi connectivity index (χ0) is 39.2. The van der Waals surface area contributed by atoms with Gasteiger partial charge in [-0.3, -0.25) is 9.59 Å². The Morgan fingerprint density at radius 2 is 1.79 bits per heavy atom. The highest BCUT2D eigenvalue weighted by molar-refractivity contribution is 6.09. The summed E-state index contributed by atoms with van der Waals surface area (Å²) in [5.74, 6) is -1.43. The van der Waals surface area contributed by atoms with Crippen LogP contribution in [0.25, 0.3) is 55.0 Å². The fourth-order valence-electron chi connectivity index (χ4n) is 5.93. The summed E-state index contributed by atoms with van der Waals surface area (Å²) < 4.78 is 18.5. The molecule has 18 heteroatoms. The van der Waals surface area contributed by atoms with Crippen LogP contribution in [-0.2, 0) is 17.9 Å². The van der Waals surface area contributed by atoms with E-state index in [-0.39, 0.29) is 90.6 Å². The van der Waals surface area contributed by atoms with E-state index >= 15 is 0 Å². The molecule has 0 spiro atoms. The van der Waals surface area contributed by atoms with Crippen LogP contribution in [0.2, 0.25) is 0 Å². The van der Waals surface area contributed by atoms with E-state index in [2.05, 4.69) is 30.3 Å². The number of aromatic carboxylic acids is 1. The number of aromatic hydroxyl groups is 1. The second-order valence-electron chi connectivity index (χ2n) is 12.2. The van der Waals surface area contributed by atoms with Crippen molar-refractivity contribution in [2.75, 3.05) is 32.1 Å². The van der Waals surface area contributed by atoms with Gasteiger partial charge in [0.25, 0.3) is 5.91 Å². The van der Waals surface area contributed by atoms with Crippen molar-refractivity contribution in [1.82, 2.24) is 25.0 Å². The summed E-state index contributed by atoms with van der Waals surface area (Å²) in [5, 5.41) is 27.0. The van der Waals surface area contributed by atoms with Crippen molar-refractivity contribution in [3.05, 3.63) is 128 Å². The number of carbonyl (C=O) groups excluding carboxylic acids is 1. The number of ether oxygens (including phenoxy) is 2. The number of benzene rings is 4. The molecule has 0 unspecified atom stereocenters. The van der Waals surface area contributed by atoms with E-state index in [1.165, 1.54) is 53.5 Å². The van der Waals surface area contributed by atoms with E-state index in [4.69, 9.17) is 30.0 Å². The number of nitrogens with zero attached hydrogens (tertiary/aromatic N) is 7. The van der Waals surface area contributed by atoms with Crippen LogP contribution in [0.15, 0.2) is 99.5 Å². The van der Waals surface area contributed by atoms with Gasteiger partial charge in [-0.05, 0) is 64.7 Å². The van der Waals surface area contributed by atoms with Crippen molar-refractivity contribution < 1.29 is 38.5 Å². The monoisotopic (exact) mass is 757 g/mol. The summed E-state index contributed by atoms with van der Waals surface area (Å²) in [4.78, 5) is 59.0. The standard InChI is InChI=1S/C38H31N9O9/c39-38-44-34-33(42-20-47(34)55-14-13-53-12-11-43-46-40)36(45-38)54-19-22-3-1-21(2-4-22)18-41-35(50)23-5-8-26(37(51)52)29(15-23)32-27-9-6-24(48)16-30(27)56-31-17-25(49)7-10-28(31)32/h1-10,15-17,20,48H,11-14,18-19H2,(H,41,50)(H,51,52)(H2,39,44,45). The number of nitrogen functional groups attached to an aromatic ring is 1. The smallest absolute Gasteiger partial charge is 0.336 e. The third kappa shape index (κ3) is 7.96. The van der Waals surface area contributed by atoms with Crippen LogP contribution in [-0.4, -0.2) is 68.1 Å². The Morgan fingerprint density at radius 1 is 0.964 bits per heavy atom. The lowest BCUT2D eigenvalue weighted by molar-refractivity contribution is 0.0446. The van der Waals surface area contributed by atoms with Crippen molar-refractivity contribution in [2.45, 2.75) is 13.2 Å². The first-order valence-electron chi connectivity index (χ1n) is 17.0.